The number of carbonyl (C=O) groups excluding carboxylic acids is 2. The first-order chi connectivity index (χ1) is 21.3. The van der Waals surface area contributed by atoms with Gasteiger partial charge in [0.1, 0.15) is 24.1 Å². The fraction of sp³-hybridized carbons (Fsp3) is 0.607. The number of sulfonamides is 1. The third kappa shape index (κ3) is 7.60. The standard InChI is InChI=1S/C28H38F3N5O9S/c1-6-35-15-21(23(34-35)43-12-11-37)46(41,42)36-14-20(22(16-7-8-16)33-24(38)26(2,3)40)44-19-10-9-17(13-18(19)36)32-25(39)45-27(4,5)28(29,30)31/h9-10,13,15-16,20,22,37,40H,6-8,11-12,14H2,1-5H3,(H,32,39)(H,33,38)/t20-,22+/m1/s1. The predicted molar refractivity (Wildman–Crippen MR) is 157 cm³/mol. The van der Waals surface area contributed by atoms with Gasteiger partial charge in [0.15, 0.2) is 4.90 Å². The summed E-state index contributed by atoms with van der Waals surface area (Å²) in [4.78, 5) is 24.8. The fourth-order valence-corrected chi connectivity index (χ4v) is 6.14. The van der Waals surface area contributed by atoms with E-state index in [1.807, 2.05) is 0 Å². The monoisotopic (exact) mass is 677 g/mol. The van der Waals surface area contributed by atoms with Crippen molar-refractivity contribution in [2.45, 2.75) is 88.4 Å². The molecule has 1 fully saturated rings. The van der Waals surface area contributed by atoms with Crippen molar-refractivity contribution in [1.29, 1.82) is 0 Å². The molecular formula is C28H38F3N5O9S. The van der Waals surface area contributed by atoms with Gasteiger partial charge in [-0.1, -0.05) is 0 Å². The number of halogens is 3. The number of hydrogen-bond donors (Lipinski definition) is 4. The molecule has 2 aliphatic rings. The summed E-state index contributed by atoms with van der Waals surface area (Å²) in [5, 5.41) is 28.7. The lowest BCUT2D eigenvalue weighted by molar-refractivity contribution is -0.242. The van der Waals surface area contributed by atoms with Crippen molar-refractivity contribution in [2.75, 3.05) is 29.4 Å². The number of aliphatic hydroxyl groups excluding tert-OH is 1. The highest BCUT2D eigenvalue weighted by molar-refractivity contribution is 7.93. The topological polar surface area (TPSA) is 182 Å². The van der Waals surface area contributed by atoms with Crippen LogP contribution in [0.3, 0.4) is 0 Å². The number of aryl methyl sites for hydroxylation is 1. The van der Waals surface area contributed by atoms with Crippen molar-refractivity contribution in [3.63, 3.8) is 0 Å². The highest BCUT2D eigenvalue weighted by Crippen LogP contribution is 2.44. The smallest absolute Gasteiger partial charge is 0.427 e. The molecule has 1 aromatic heterocycles. The van der Waals surface area contributed by atoms with Gasteiger partial charge in [0.2, 0.25) is 5.60 Å². The maximum Gasteiger partial charge on any atom is 0.427 e. The molecule has 2 heterocycles. The Bertz CT molecular complexity index is 1550. The lowest BCUT2D eigenvalue weighted by Gasteiger charge is -2.39. The van der Waals surface area contributed by atoms with Crippen LogP contribution in [0.5, 0.6) is 11.6 Å². The summed E-state index contributed by atoms with van der Waals surface area (Å²) in [6, 6.07) is 3.12. The molecule has 14 nitrogen and oxygen atoms in total. The molecule has 0 bridgehead atoms. The Morgan fingerprint density at radius 1 is 1.20 bits per heavy atom. The summed E-state index contributed by atoms with van der Waals surface area (Å²) in [5.41, 5.74) is -4.72. The molecule has 1 aromatic carbocycles. The van der Waals surface area contributed by atoms with Gasteiger partial charge in [0.05, 0.1) is 24.9 Å². The first-order valence-electron chi connectivity index (χ1n) is 14.5. The average molecular weight is 678 g/mol. The molecule has 1 saturated carbocycles. The number of carbonyl (C=O) groups is 2. The maximum atomic E-state index is 14.3. The van der Waals surface area contributed by atoms with Crippen LogP contribution in [0.1, 0.15) is 47.5 Å². The van der Waals surface area contributed by atoms with E-state index in [0.29, 0.717) is 13.8 Å². The highest BCUT2D eigenvalue weighted by atomic mass is 32.2. The van der Waals surface area contributed by atoms with Crippen molar-refractivity contribution in [2.24, 2.45) is 5.92 Å². The van der Waals surface area contributed by atoms with Gasteiger partial charge in [-0.2, -0.15) is 13.2 Å². The fourth-order valence-electron chi connectivity index (χ4n) is 4.58. The molecule has 256 valence electrons. The molecule has 4 N–H and O–H groups in total. The lowest BCUT2D eigenvalue weighted by atomic mass is 10.0. The summed E-state index contributed by atoms with van der Waals surface area (Å²) in [6.45, 7) is 4.98. The van der Waals surface area contributed by atoms with E-state index in [9.17, 15) is 41.4 Å². The number of aliphatic hydroxyl groups is 2. The zero-order chi connectivity index (χ0) is 34.2. The third-order valence-electron chi connectivity index (χ3n) is 7.43. The molecule has 18 heteroatoms. The zero-order valence-electron chi connectivity index (χ0n) is 25.9. The summed E-state index contributed by atoms with van der Waals surface area (Å²) in [5.74, 6) is -1.00. The van der Waals surface area contributed by atoms with E-state index in [1.165, 1.54) is 42.9 Å². The van der Waals surface area contributed by atoms with Crippen LogP contribution in [0.25, 0.3) is 0 Å². The Morgan fingerprint density at radius 2 is 1.87 bits per heavy atom. The van der Waals surface area contributed by atoms with Gasteiger partial charge in [-0.05, 0) is 71.6 Å². The van der Waals surface area contributed by atoms with Crippen LogP contribution >= 0.6 is 0 Å². The molecule has 0 spiro atoms. The lowest BCUT2D eigenvalue weighted by Crippen LogP contribution is -2.58. The second-order valence-electron chi connectivity index (χ2n) is 12.0. The summed E-state index contributed by atoms with van der Waals surface area (Å²) in [6.07, 6.45) is -4.54. The van der Waals surface area contributed by atoms with E-state index in [4.69, 9.17) is 9.47 Å². The average Bonchev–Trinajstić information content (AvgIpc) is 3.70. The van der Waals surface area contributed by atoms with Gasteiger partial charge in [-0.15, -0.1) is 5.10 Å². The van der Waals surface area contributed by atoms with Crippen molar-refractivity contribution in [3.8, 4) is 11.6 Å². The molecule has 46 heavy (non-hydrogen) atoms. The number of anilines is 2. The molecule has 0 saturated heterocycles. The minimum atomic E-state index is -4.86. The van der Waals surface area contributed by atoms with Crippen LogP contribution in [-0.2, 0) is 26.1 Å². The SMILES string of the molecule is CCn1cc(S(=O)(=O)N2C[C@H]([C@@H](NC(=O)C(C)(C)O)C3CC3)Oc3ccc(NC(=O)OC(C)(C)C(F)(F)F)cc32)c(OCCO)n1. The van der Waals surface area contributed by atoms with Gasteiger partial charge in [-0.25, -0.2) is 13.2 Å². The molecule has 2 amide bonds. The van der Waals surface area contributed by atoms with Gasteiger partial charge in [0, 0.05) is 18.4 Å². The Morgan fingerprint density at radius 3 is 2.43 bits per heavy atom. The quantitative estimate of drug-likeness (QED) is 0.261. The predicted octanol–water partition coefficient (Wildman–Crippen LogP) is 2.79. The number of rotatable bonds is 12. The van der Waals surface area contributed by atoms with E-state index < -0.39 is 58.2 Å². The maximum absolute atomic E-state index is 14.3. The summed E-state index contributed by atoms with van der Waals surface area (Å²) < 4.78 is 87.0. The zero-order valence-corrected chi connectivity index (χ0v) is 26.7. The van der Waals surface area contributed by atoms with Gasteiger partial charge in [0.25, 0.3) is 21.8 Å². The van der Waals surface area contributed by atoms with Crippen LogP contribution in [0.2, 0.25) is 0 Å². The summed E-state index contributed by atoms with van der Waals surface area (Å²) in [7, 11) is -4.54. The van der Waals surface area contributed by atoms with Crippen molar-refractivity contribution >= 4 is 33.4 Å². The molecule has 2 atom stereocenters. The van der Waals surface area contributed by atoms with Crippen LogP contribution < -0.4 is 24.4 Å². The second-order valence-corrected chi connectivity index (χ2v) is 13.9. The van der Waals surface area contributed by atoms with Crippen LogP contribution in [0.15, 0.2) is 29.3 Å². The number of benzene rings is 1. The second kappa shape index (κ2) is 12.8. The number of nitrogens with zero attached hydrogens (tertiary/aromatic N) is 3. The molecule has 1 aliphatic carbocycles. The van der Waals surface area contributed by atoms with Crippen molar-refractivity contribution in [3.05, 3.63) is 24.4 Å². The summed E-state index contributed by atoms with van der Waals surface area (Å²) >= 11 is 0. The van der Waals surface area contributed by atoms with E-state index in [1.54, 1.807) is 6.92 Å². The molecule has 4 rings (SSSR count). The number of hydrogen-bond acceptors (Lipinski definition) is 10. The van der Waals surface area contributed by atoms with Gasteiger partial charge >= 0.3 is 12.3 Å². The minimum absolute atomic E-state index is 0.0261. The minimum Gasteiger partial charge on any atom is -0.484 e. The first kappa shape index (κ1) is 35.1. The molecule has 0 radical (unpaired) electrons. The van der Waals surface area contributed by atoms with Gasteiger partial charge in [-0.3, -0.25) is 19.1 Å². The normalized spacial score (nSPS) is 17.9. The highest BCUT2D eigenvalue weighted by Gasteiger charge is 2.51. The molecule has 2 aromatic rings. The number of aromatic nitrogens is 2. The third-order valence-corrected chi connectivity index (χ3v) is 9.19. The number of nitrogens with one attached hydrogen (secondary N) is 2. The van der Waals surface area contributed by atoms with Gasteiger partial charge < -0.3 is 29.7 Å². The van der Waals surface area contributed by atoms with E-state index in [0.717, 1.165) is 17.1 Å². The van der Waals surface area contributed by atoms with Crippen LogP contribution in [0, 0.1) is 5.92 Å². The number of fused-ring (bicyclic) bond motifs is 1. The number of ether oxygens (including phenoxy) is 3. The van der Waals surface area contributed by atoms with E-state index in [-0.39, 0.29) is 53.5 Å². The Kier molecular flexibility index (Phi) is 9.76. The molecule has 1 aliphatic heterocycles. The Labute approximate surface area is 263 Å². The van der Waals surface area contributed by atoms with Crippen LogP contribution in [0.4, 0.5) is 29.3 Å². The Hall–Kier alpha value is -3.77. The Balaban J connectivity index is 1.76. The molecule has 0 unspecified atom stereocenters. The van der Waals surface area contributed by atoms with Crippen LogP contribution in [-0.4, -0.2) is 89.7 Å². The largest absolute Gasteiger partial charge is 0.484 e. The number of amides is 2. The van der Waals surface area contributed by atoms with Crippen molar-refractivity contribution in [1.82, 2.24) is 15.1 Å². The van der Waals surface area contributed by atoms with E-state index in [2.05, 4.69) is 20.5 Å². The van der Waals surface area contributed by atoms with E-state index >= 15 is 0 Å². The first-order valence-corrected chi connectivity index (χ1v) is 16.0. The van der Waals surface area contributed by atoms with Crippen molar-refractivity contribution < 1.29 is 55.6 Å². The number of alkyl halides is 3. The molecular weight excluding hydrogens is 639 g/mol.